The molecule has 18 heavy (non-hydrogen) atoms. The molecule has 1 fully saturated rings. The third kappa shape index (κ3) is 3.57. The first kappa shape index (κ1) is 13.1. The second-order valence-electron chi connectivity index (χ2n) is 5.02. The van der Waals surface area contributed by atoms with Crippen LogP contribution in [0.2, 0.25) is 0 Å². The molecule has 0 saturated heterocycles. The van der Waals surface area contributed by atoms with Crippen LogP contribution in [0.4, 0.5) is 11.8 Å². The number of aliphatic hydroxyl groups excluding tert-OH is 1. The monoisotopic (exact) mass is 250 g/mol. The molecule has 100 valence electrons. The Labute approximate surface area is 108 Å². The van der Waals surface area contributed by atoms with Gasteiger partial charge in [0.1, 0.15) is 5.82 Å². The van der Waals surface area contributed by atoms with Crippen molar-refractivity contribution >= 4 is 11.8 Å². The number of aliphatic hydroxyl groups is 1. The van der Waals surface area contributed by atoms with Gasteiger partial charge in [-0.15, -0.1) is 0 Å². The van der Waals surface area contributed by atoms with Gasteiger partial charge in [-0.25, -0.2) is 4.98 Å². The third-order valence-corrected chi connectivity index (χ3v) is 3.47. The largest absolute Gasteiger partial charge is 0.393 e. The highest BCUT2D eigenvalue weighted by Gasteiger charge is 2.19. The van der Waals surface area contributed by atoms with Gasteiger partial charge in [0.25, 0.3) is 0 Å². The van der Waals surface area contributed by atoms with E-state index in [2.05, 4.69) is 20.6 Å². The Morgan fingerprint density at radius 3 is 2.67 bits per heavy atom. The lowest BCUT2D eigenvalue weighted by atomic mass is 9.87. The van der Waals surface area contributed by atoms with Gasteiger partial charge in [-0.1, -0.05) is 0 Å². The zero-order chi connectivity index (χ0) is 13.0. The van der Waals surface area contributed by atoms with E-state index in [0.717, 1.165) is 43.7 Å². The van der Waals surface area contributed by atoms with Crippen LogP contribution in [0.15, 0.2) is 6.07 Å². The summed E-state index contributed by atoms with van der Waals surface area (Å²) in [5.74, 6) is 2.16. The molecule has 1 aliphatic rings. The van der Waals surface area contributed by atoms with Crippen molar-refractivity contribution < 1.29 is 5.11 Å². The predicted molar refractivity (Wildman–Crippen MR) is 72.8 cm³/mol. The number of rotatable bonds is 4. The topological polar surface area (TPSA) is 70.1 Å². The summed E-state index contributed by atoms with van der Waals surface area (Å²) in [7, 11) is 1.82. The van der Waals surface area contributed by atoms with Crippen LogP contribution in [0.1, 0.15) is 31.4 Å². The summed E-state index contributed by atoms with van der Waals surface area (Å²) in [5.41, 5.74) is 0.955. The number of nitrogens with one attached hydrogen (secondary N) is 2. The Bertz CT molecular complexity index is 389. The number of hydrogen-bond donors (Lipinski definition) is 3. The number of hydrogen-bond acceptors (Lipinski definition) is 5. The minimum atomic E-state index is -0.0848. The van der Waals surface area contributed by atoms with Crippen molar-refractivity contribution in [1.82, 2.24) is 9.97 Å². The Hall–Kier alpha value is -1.36. The van der Waals surface area contributed by atoms with Crippen molar-refractivity contribution in [2.75, 3.05) is 24.2 Å². The molecule has 3 N–H and O–H groups in total. The lowest BCUT2D eigenvalue weighted by molar-refractivity contribution is 0.111. The molecule has 1 heterocycles. The minimum absolute atomic E-state index is 0.0848. The van der Waals surface area contributed by atoms with E-state index in [9.17, 15) is 5.11 Å². The lowest BCUT2D eigenvalue weighted by Crippen LogP contribution is -2.23. The maximum atomic E-state index is 9.47. The van der Waals surface area contributed by atoms with E-state index in [1.165, 1.54) is 0 Å². The SMILES string of the molecule is CNc1nc(C)cc(NCC2CCC(O)CC2)n1. The van der Waals surface area contributed by atoms with Crippen LogP contribution in [0.25, 0.3) is 0 Å². The fraction of sp³-hybridized carbons (Fsp3) is 0.692. The van der Waals surface area contributed by atoms with E-state index >= 15 is 0 Å². The smallest absolute Gasteiger partial charge is 0.224 e. The zero-order valence-electron chi connectivity index (χ0n) is 11.1. The van der Waals surface area contributed by atoms with Gasteiger partial charge in [0.05, 0.1) is 6.10 Å². The predicted octanol–water partition coefficient (Wildman–Crippen LogP) is 1.79. The van der Waals surface area contributed by atoms with E-state index in [0.29, 0.717) is 11.9 Å². The second-order valence-corrected chi connectivity index (χ2v) is 5.02. The molecule has 0 unspecified atom stereocenters. The summed E-state index contributed by atoms with van der Waals surface area (Å²) in [5, 5.41) is 15.8. The van der Waals surface area contributed by atoms with Crippen molar-refractivity contribution in [2.24, 2.45) is 5.92 Å². The first-order chi connectivity index (χ1) is 8.67. The quantitative estimate of drug-likeness (QED) is 0.760. The van der Waals surface area contributed by atoms with Crippen LogP contribution in [0.5, 0.6) is 0 Å². The molecular weight excluding hydrogens is 228 g/mol. The standard InChI is InChI=1S/C13H22N4O/c1-9-7-12(17-13(14-2)16-9)15-8-10-3-5-11(18)6-4-10/h7,10-11,18H,3-6,8H2,1-2H3,(H2,14,15,16,17). The van der Waals surface area contributed by atoms with E-state index in [4.69, 9.17) is 0 Å². The molecule has 1 saturated carbocycles. The molecule has 0 spiro atoms. The fourth-order valence-corrected chi connectivity index (χ4v) is 2.37. The van der Waals surface area contributed by atoms with Crippen LogP contribution in [-0.4, -0.2) is 34.8 Å². The van der Waals surface area contributed by atoms with Gasteiger partial charge in [-0.3, -0.25) is 0 Å². The highest BCUT2D eigenvalue weighted by atomic mass is 16.3. The number of aryl methyl sites for hydroxylation is 1. The van der Waals surface area contributed by atoms with Gasteiger partial charge >= 0.3 is 0 Å². The molecular formula is C13H22N4O. The van der Waals surface area contributed by atoms with Crippen molar-refractivity contribution in [1.29, 1.82) is 0 Å². The third-order valence-electron chi connectivity index (χ3n) is 3.47. The summed E-state index contributed by atoms with van der Waals surface area (Å²) in [6, 6.07) is 1.96. The average Bonchev–Trinajstić information content (AvgIpc) is 2.37. The lowest BCUT2D eigenvalue weighted by Gasteiger charge is -2.25. The van der Waals surface area contributed by atoms with Crippen molar-refractivity contribution in [2.45, 2.75) is 38.7 Å². The molecule has 1 aromatic rings. The van der Waals surface area contributed by atoms with Gasteiger partial charge in [-0.05, 0) is 38.5 Å². The Morgan fingerprint density at radius 1 is 1.28 bits per heavy atom. The van der Waals surface area contributed by atoms with Crippen molar-refractivity contribution in [3.8, 4) is 0 Å². The molecule has 1 aliphatic carbocycles. The Balaban J connectivity index is 1.88. The van der Waals surface area contributed by atoms with Gasteiger partial charge < -0.3 is 15.7 Å². The van der Waals surface area contributed by atoms with Gasteiger partial charge in [0.15, 0.2) is 0 Å². The normalized spacial score (nSPS) is 23.7. The zero-order valence-corrected chi connectivity index (χ0v) is 11.1. The number of aromatic nitrogens is 2. The van der Waals surface area contributed by atoms with Gasteiger partial charge in [0.2, 0.25) is 5.95 Å². The highest BCUT2D eigenvalue weighted by Crippen LogP contribution is 2.24. The first-order valence-electron chi connectivity index (χ1n) is 6.62. The van der Waals surface area contributed by atoms with Gasteiger partial charge in [-0.2, -0.15) is 4.98 Å². The second kappa shape index (κ2) is 6.00. The van der Waals surface area contributed by atoms with E-state index in [-0.39, 0.29) is 6.10 Å². The van der Waals surface area contributed by atoms with Crippen LogP contribution >= 0.6 is 0 Å². The number of anilines is 2. The summed E-state index contributed by atoms with van der Waals surface area (Å²) in [4.78, 5) is 8.63. The molecule has 0 aliphatic heterocycles. The maximum absolute atomic E-state index is 9.47. The molecule has 0 atom stereocenters. The van der Waals surface area contributed by atoms with E-state index in [1.54, 1.807) is 0 Å². The summed E-state index contributed by atoms with van der Waals surface area (Å²) < 4.78 is 0. The van der Waals surface area contributed by atoms with Crippen molar-refractivity contribution in [3.05, 3.63) is 11.8 Å². The molecule has 0 bridgehead atoms. The molecule has 5 heteroatoms. The van der Waals surface area contributed by atoms with E-state index < -0.39 is 0 Å². The highest BCUT2D eigenvalue weighted by molar-refractivity contribution is 5.41. The molecule has 0 amide bonds. The van der Waals surface area contributed by atoms with Crippen LogP contribution in [0.3, 0.4) is 0 Å². The molecule has 1 aromatic heterocycles. The Morgan fingerprint density at radius 2 is 2.00 bits per heavy atom. The molecule has 5 nitrogen and oxygen atoms in total. The van der Waals surface area contributed by atoms with Crippen LogP contribution < -0.4 is 10.6 Å². The van der Waals surface area contributed by atoms with E-state index in [1.807, 2.05) is 20.0 Å². The average molecular weight is 250 g/mol. The van der Waals surface area contributed by atoms with Gasteiger partial charge in [0, 0.05) is 25.4 Å². The first-order valence-corrected chi connectivity index (χ1v) is 6.62. The molecule has 2 rings (SSSR count). The maximum Gasteiger partial charge on any atom is 0.224 e. The summed E-state index contributed by atoms with van der Waals surface area (Å²) >= 11 is 0. The fourth-order valence-electron chi connectivity index (χ4n) is 2.37. The molecule has 0 aromatic carbocycles. The molecule has 0 radical (unpaired) electrons. The van der Waals surface area contributed by atoms with Crippen LogP contribution in [0, 0.1) is 12.8 Å². The van der Waals surface area contributed by atoms with Crippen LogP contribution in [-0.2, 0) is 0 Å². The number of nitrogens with zero attached hydrogens (tertiary/aromatic N) is 2. The Kier molecular flexibility index (Phi) is 4.36. The summed E-state index contributed by atoms with van der Waals surface area (Å²) in [6.07, 6.45) is 3.96. The minimum Gasteiger partial charge on any atom is -0.393 e. The van der Waals surface area contributed by atoms with Crippen molar-refractivity contribution in [3.63, 3.8) is 0 Å². The summed E-state index contributed by atoms with van der Waals surface area (Å²) in [6.45, 7) is 2.89.